The van der Waals surface area contributed by atoms with Crippen LogP contribution >= 0.6 is 0 Å². The first-order chi connectivity index (χ1) is 10.2. The molecule has 1 atom stereocenters. The lowest BCUT2D eigenvalue weighted by Crippen LogP contribution is -2.46. The van der Waals surface area contributed by atoms with Crippen molar-refractivity contribution in [2.24, 2.45) is 17.3 Å². The van der Waals surface area contributed by atoms with Crippen LogP contribution in [0.5, 0.6) is 0 Å². The van der Waals surface area contributed by atoms with Gasteiger partial charge in [0, 0.05) is 39.9 Å². The molecule has 2 fully saturated rings. The van der Waals surface area contributed by atoms with Gasteiger partial charge in [-0.25, -0.2) is 0 Å². The molecule has 1 aliphatic heterocycles. The van der Waals surface area contributed by atoms with Crippen LogP contribution in [0.15, 0.2) is 0 Å². The largest absolute Gasteiger partial charge is 0.396 e. The standard InChI is InChI=1S/C17H34N2O2/c1-15-3-6-17(7-4-15,13-18-8-10-21-2)14-19-9-5-16(11-19)12-20/h15-16,18,20H,3-14H2,1-2H3. The summed E-state index contributed by atoms with van der Waals surface area (Å²) in [6.07, 6.45) is 6.58. The molecule has 0 amide bonds. The van der Waals surface area contributed by atoms with Crippen LogP contribution in [0.3, 0.4) is 0 Å². The molecule has 2 rings (SSSR count). The summed E-state index contributed by atoms with van der Waals surface area (Å²) >= 11 is 0. The molecule has 1 unspecified atom stereocenters. The lowest BCUT2D eigenvalue weighted by molar-refractivity contribution is 0.0911. The van der Waals surface area contributed by atoms with Gasteiger partial charge in [0.15, 0.2) is 0 Å². The van der Waals surface area contributed by atoms with Crippen molar-refractivity contribution in [3.63, 3.8) is 0 Å². The van der Waals surface area contributed by atoms with E-state index in [4.69, 9.17) is 4.74 Å². The van der Waals surface area contributed by atoms with Gasteiger partial charge in [-0.15, -0.1) is 0 Å². The van der Waals surface area contributed by atoms with Crippen LogP contribution in [0.2, 0.25) is 0 Å². The summed E-state index contributed by atoms with van der Waals surface area (Å²) in [7, 11) is 1.76. The van der Waals surface area contributed by atoms with Crippen LogP contribution in [-0.2, 0) is 4.74 Å². The third-order valence-electron chi connectivity index (χ3n) is 5.51. The molecule has 0 radical (unpaired) electrons. The number of ether oxygens (including phenoxy) is 1. The maximum atomic E-state index is 9.34. The fourth-order valence-electron chi connectivity index (χ4n) is 3.97. The quantitative estimate of drug-likeness (QED) is 0.670. The van der Waals surface area contributed by atoms with E-state index in [-0.39, 0.29) is 0 Å². The van der Waals surface area contributed by atoms with Crippen LogP contribution in [0.1, 0.15) is 39.0 Å². The molecule has 0 aromatic carbocycles. The highest BCUT2D eigenvalue weighted by Crippen LogP contribution is 2.40. The number of nitrogens with one attached hydrogen (secondary N) is 1. The molecule has 4 heteroatoms. The van der Waals surface area contributed by atoms with Crippen molar-refractivity contribution in [2.45, 2.75) is 39.0 Å². The second-order valence-electron chi connectivity index (χ2n) is 7.42. The summed E-state index contributed by atoms with van der Waals surface area (Å²) in [6.45, 7) is 9.06. The van der Waals surface area contributed by atoms with Gasteiger partial charge in [0.25, 0.3) is 0 Å². The van der Waals surface area contributed by atoms with Crippen molar-refractivity contribution in [1.29, 1.82) is 0 Å². The van der Waals surface area contributed by atoms with Crippen LogP contribution < -0.4 is 5.32 Å². The van der Waals surface area contributed by atoms with Crippen molar-refractivity contribution >= 4 is 0 Å². The molecule has 0 aromatic heterocycles. The molecule has 0 aromatic rings. The molecule has 0 bridgehead atoms. The van der Waals surface area contributed by atoms with E-state index >= 15 is 0 Å². The first kappa shape index (κ1) is 17.2. The van der Waals surface area contributed by atoms with Gasteiger partial charge in [-0.3, -0.25) is 0 Å². The van der Waals surface area contributed by atoms with Gasteiger partial charge >= 0.3 is 0 Å². The molecule has 124 valence electrons. The minimum Gasteiger partial charge on any atom is -0.396 e. The number of methoxy groups -OCH3 is 1. The number of rotatable bonds is 8. The Morgan fingerprint density at radius 3 is 2.67 bits per heavy atom. The minimum absolute atomic E-state index is 0.354. The van der Waals surface area contributed by atoms with Gasteiger partial charge in [-0.2, -0.15) is 0 Å². The molecule has 0 spiro atoms. The maximum Gasteiger partial charge on any atom is 0.0587 e. The number of hydrogen-bond donors (Lipinski definition) is 2. The van der Waals surface area contributed by atoms with Crippen molar-refractivity contribution in [1.82, 2.24) is 10.2 Å². The average Bonchev–Trinajstić information content (AvgIpc) is 2.94. The first-order valence-corrected chi connectivity index (χ1v) is 8.70. The van der Waals surface area contributed by atoms with E-state index in [1.165, 1.54) is 45.2 Å². The second kappa shape index (κ2) is 8.47. The van der Waals surface area contributed by atoms with Crippen LogP contribution in [0, 0.1) is 17.3 Å². The summed E-state index contributed by atoms with van der Waals surface area (Å²) in [6, 6.07) is 0. The predicted molar refractivity (Wildman–Crippen MR) is 86.4 cm³/mol. The zero-order chi connectivity index (χ0) is 15.1. The SMILES string of the molecule is COCCNCC1(CN2CCC(CO)C2)CCC(C)CC1. The van der Waals surface area contributed by atoms with Crippen molar-refractivity contribution in [2.75, 3.05) is 53.0 Å². The number of aliphatic hydroxyl groups is 1. The summed E-state index contributed by atoms with van der Waals surface area (Å²) in [4.78, 5) is 2.59. The summed E-state index contributed by atoms with van der Waals surface area (Å²) in [5, 5.41) is 12.9. The molecular weight excluding hydrogens is 264 g/mol. The zero-order valence-corrected chi connectivity index (χ0v) is 13.9. The summed E-state index contributed by atoms with van der Waals surface area (Å²) in [5.41, 5.74) is 0.435. The zero-order valence-electron chi connectivity index (χ0n) is 13.9. The van der Waals surface area contributed by atoms with Gasteiger partial charge in [0.1, 0.15) is 0 Å². The normalized spacial score (nSPS) is 34.4. The minimum atomic E-state index is 0.354. The summed E-state index contributed by atoms with van der Waals surface area (Å²) in [5.74, 6) is 1.40. The van der Waals surface area contributed by atoms with Crippen LogP contribution in [0.4, 0.5) is 0 Å². The Bertz CT molecular complexity index is 291. The van der Waals surface area contributed by atoms with E-state index in [9.17, 15) is 5.11 Å². The highest BCUT2D eigenvalue weighted by molar-refractivity contribution is 4.91. The Kier molecular flexibility index (Phi) is 6.93. The molecule has 4 nitrogen and oxygen atoms in total. The van der Waals surface area contributed by atoms with E-state index in [2.05, 4.69) is 17.1 Å². The Morgan fingerprint density at radius 1 is 1.29 bits per heavy atom. The molecule has 2 aliphatic rings. The highest BCUT2D eigenvalue weighted by Gasteiger charge is 2.37. The van der Waals surface area contributed by atoms with Gasteiger partial charge in [0.2, 0.25) is 0 Å². The number of aliphatic hydroxyl groups excluding tert-OH is 1. The Morgan fingerprint density at radius 2 is 2.05 bits per heavy atom. The third-order valence-corrected chi connectivity index (χ3v) is 5.51. The number of nitrogens with zero attached hydrogens (tertiary/aromatic N) is 1. The Balaban J connectivity index is 1.86. The van der Waals surface area contributed by atoms with Crippen LogP contribution in [0.25, 0.3) is 0 Å². The van der Waals surface area contributed by atoms with E-state index in [1.807, 2.05) is 0 Å². The first-order valence-electron chi connectivity index (χ1n) is 8.70. The van der Waals surface area contributed by atoms with Gasteiger partial charge in [0.05, 0.1) is 6.61 Å². The summed E-state index contributed by atoms with van der Waals surface area (Å²) < 4.78 is 5.14. The molecule has 1 saturated heterocycles. The second-order valence-corrected chi connectivity index (χ2v) is 7.42. The highest BCUT2D eigenvalue weighted by atomic mass is 16.5. The monoisotopic (exact) mass is 298 g/mol. The molecule has 1 saturated carbocycles. The van der Waals surface area contributed by atoms with E-state index in [0.29, 0.717) is 17.9 Å². The van der Waals surface area contributed by atoms with Crippen LogP contribution in [-0.4, -0.2) is 63.1 Å². The number of hydrogen-bond acceptors (Lipinski definition) is 4. The lowest BCUT2D eigenvalue weighted by atomic mass is 9.70. The topological polar surface area (TPSA) is 44.7 Å². The van der Waals surface area contributed by atoms with Gasteiger partial charge < -0.3 is 20.1 Å². The fourth-order valence-corrected chi connectivity index (χ4v) is 3.97. The van der Waals surface area contributed by atoms with E-state index in [1.54, 1.807) is 7.11 Å². The molecule has 21 heavy (non-hydrogen) atoms. The molecule has 1 aliphatic carbocycles. The molecule has 2 N–H and O–H groups in total. The average molecular weight is 298 g/mol. The van der Waals surface area contributed by atoms with Gasteiger partial charge in [-0.05, 0) is 43.1 Å². The number of likely N-dealkylation sites (tertiary alicyclic amines) is 1. The van der Waals surface area contributed by atoms with Crippen molar-refractivity contribution in [3.05, 3.63) is 0 Å². The fraction of sp³-hybridized carbons (Fsp3) is 1.00. The Labute approximate surface area is 130 Å². The van der Waals surface area contributed by atoms with Gasteiger partial charge in [-0.1, -0.05) is 19.8 Å². The lowest BCUT2D eigenvalue weighted by Gasteiger charge is -2.42. The Hall–Kier alpha value is -0.160. The van der Waals surface area contributed by atoms with Crippen molar-refractivity contribution < 1.29 is 9.84 Å². The van der Waals surface area contributed by atoms with Crippen molar-refractivity contribution in [3.8, 4) is 0 Å². The maximum absolute atomic E-state index is 9.34. The third kappa shape index (κ3) is 5.20. The van der Waals surface area contributed by atoms with E-state index < -0.39 is 0 Å². The van der Waals surface area contributed by atoms with E-state index in [0.717, 1.165) is 32.2 Å². The predicted octanol–water partition coefficient (Wildman–Crippen LogP) is 1.73. The molecular formula is C17H34N2O2. The smallest absolute Gasteiger partial charge is 0.0587 e. The molecule has 1 heterocycles.